The zero-order valence-corrected chi connectivity index (χ0v) is 15.1. The van der Waals surface area contributed by atoms with Crippen LogP contribution in [0.4, 0.5) is 0 Å². The first-order valence-corrected chi connectivity index (χ1v) is 8.00. The lowest BCUT2D eigenvalue weighted by Gasteiger charge is -2.44. The summed E-state index contributed by atoms with van der Waals surface area (Å²) in [6, 6.07) is 17.7. The Morgan fingerprint density at radius 1 is 1.00 bits per heavy atom. The molecule has 23 heavy (non-hydrogen) atoms. The molecule has 124 valence electrons. The lowest BCUT2D eigenvalue weighted by molar-refractivity contribution is 0.143. The van der Waals surface area contributed by atoms with Gasteiger partial charge in [-0.15, -0.1) is 24.8 Å². The summed E-state index contributed by atoms with van der Waals surface area (Å²) in [6.45, 7) is 4.35. The van der Waals surface area contributed by atoms with Crippen molar-refractivity contribution in [3.8, 4) is 0 Å². The highest BCUT2D eigenvalue weighted by atomic mass is 35.5. The third-order valence-corrected chi connectivity index (χ3v) is 4.99. The third kappa shape index (κ3) is 3.52. The van der Waals surface area contributed by atoms with E-state index in [9.17, 15) is 0 Å². The zero-order chi connectivity index (χ0) is 14.2. The summed E-state index contributed by atoms with van der Waals surface area (Å²) in [5.41, 5.74) is 4.26. The van der Waals surface area contributed by atoms with Crippen molar-refractivity contribution in [1.29, 1.82) is 0 Å². The number of benzene rings is 2. The van der Waals surface area contributed by atoms with Crippen LogP contribution in [0.3, 0.4) is 0 Å². The molecule has 2 heterocycles. The fraction of sp³-hybridized carbons (Fsp3) is 0.333. The summed E-state index contributed by atoms with van der Waals surface area (Å²) in [4.78, 5) is 2.62. The second-order valence-corrected chi connectivity index (χ2v) is 6.39. The standard InChI is InChI=1S/C18H19ClN2.2ClH/c19-14-5-3-4-13(10-14)17-12-21-9-8-20-11-18(21)16-7-2-1-6-15(16)17;;/h1-7,10,17-18,20H,8-9,11-12H2;2*1H/t17-,18+;;/m1../s1. The van der Waals surface area contributed by atoms with Gasteiger partial charge >= 0.3 is 0 Å². The van der Waals surface area contributed by atoms with Crippen LogP contribution in [0, 0.1) is 0 Å². The van der Waals surface area contributed by atoms with Crippen molar-refractivity contribution in [2.24, 2.45) is 0 Å². The summed E-state index contributed by atoms with van der Waals surface area (Å²) in [6.07, 6.45) is 0. The van der Waals surface area contributed by atoms with Crippen molar-refractivity contribution in [2.45, 2.75) is 12.0 Å². The van der Waals surface area contributed by atoms with Crippen LogP contribution in [-0.2, 0) is 0 Å². The van der Waals surface area contributed by atoms with E-state index in [1.165, 1.54) is 16.7 Å². The van der Waals surface area contributed by atoms with Crippen molar-refractivity contribution in [1.82, 2.24) is 10.2 Å². The first kappa shape index (κ1) is 18.6. The maximum Gasteiger partial charge on any atom is 0.0476 e. The summed E-state index contributed by atoms with van der Waals surface area (Å²) in [5, 5.41) is 4.35. The number of rotatable bonds is 1. The van der Waals surface area contributed by atoms with Gasteiger partial charge in [0.25, 0.3) is 0 Å². The van der Waals surface area contributed by atoms with Gasteiger partial charge in [-0.05, 0) is 28.8 Å². The fourth-order valence-electron chi connectivity index (χ4n) is 3.74. The van der Waals surface area contributed by atoms with E-state index in [4.69, 9.17) is 11.6 Å². The Labute approximate surface area is 155 Å². The van der Waals surface area contributed by atoms with Crippen molar-refractivity contribution < 1.29 is 0 Å². The largest absolute Gasteiger partial charge is 0.314 e. The van der Waals surface area contributed by atoms with Crippen LogP contribution in [0.25, 0.3) is 0 Å². The number of nitrogens with zero attached hydrogens (tertiary/aromatic N) is 1. The quantitative estimate of drug-likeness (QED) is 0.805. The van der Waals surface area contributed by atoms with Gasteiger partial charge in [-0.25, -0.2) is 0 Å². The third-order valence-electron chi connectivity index (χ3n) is 4.75. The minimum absolute atomic E-state index is 0. The second-order valence-electron chi connectivity index (χ2n) is 5.95. The van der Waals surface area contributed by atoms with Crippen LogP contribution in [0.2, 0.25) is 5.02 Å². The maximum absolute atomic E-state index is 6.20. The van der Waals surface area contributed by atoms with Crippen molar-refractivity contribution in [2.75, 3.05) is 26.2 Å². The van der Waals surface area contributed by atoms with Crippen LogP contribution < -0.4 is 5.32 Å². The summed E-state index contributed by atoms with van der Waals surface area (Å²) < 4.78 is 0. The Kier molecular flexibility index (Phi) is 6.35. The molecule has 4 rings (SSSR count). The predicted molar refractivity (Wildman–Crippen MR) is 101 cm³/mol. The van der Waals surface area contributed by atoms with Gasteiger partial charge in [0.2, 0.25) is 0 Å². The van der Waals surface area contributed by atoms with Crippen LogP contribution in [-0.4, -0.2) is 31.1 Å². The SMILES string of the molecule is Cl.Cl.Clc1cccc([C@H]2CN3CCNC[C@H]3c3ccccc32)c1. The van der Waals surface area contributed by atoms with Gasteiger partial charge in [-0.1, -0.05) is 48.0 Å². The molecule has 2 atom stereocenters. The molecule has 0 amide bonds. The Morgan fingerprint density at radius 2 is 1.78 bits per heavy atom. The second kappa shape index (κ2) is 7.87. The topological polar surface area (TPSA) is 15.3 Å². The molecule has 0 aromatic heterocycles. The zero-order valence-electron chi connectivity index (χ0n) is 12.7. The first-order chi connectivity index (χ1) is 10.3. The van der Waals surface area contributed by atoms with Gasteiger partial charge in [-0.3, -0.25) is 4.90 Å². The number of hydrogen-bond donors (Lipinski definition) is 1. The molecule has 0 unspecified atom stereocenters. The highest BCUT2D eigenvalue weighted by Gasteiger charge is 2.34. The molecule has 2 aromatic carbocycles. The lowest BCUT2D eigenvalue weighted by atomic mass is 9.81. The molecule has 0 radical (unpaired) electrons. The Balaban J connectivity index is 0.000000960. The van der Waals surface area contributed by atoms with E-state index < -0.39 is 0 Å². The fourth-order valence-corrected chi connectivity index (χ4v) is 3.94. The number of nitrogens with one attached hydrogen (secondary N) is 1. The van der Waals surface area contributed by atoms with E-state index in [1.54, 1.807) is 0 Å². The van der Waals surface area contributed by atoms with E-state index in [0.29, 0.717) is 12.0 Å². The molecular weight excluding hydrogens is 351 g/mol. The van der Waals surface area contributed by atoms with Gasteiger partial charge in [0.1, 0.15) is 0 Å². The molecule has 1 N–H and O–H groups in total. The molecule has 1 saturated heterocycles. The van der Waals surface area contributed by atoms with E-state index in [0.717, 1.165) is 31.2 Å². The summed E-state index contributed by atoms with van der Waals surface area (Å²) >= 11 is 6.20. The Bertz CT molecular complexity index is 662. The number of hydrogen-bond acceptors (Lipinski definition) is 2. The molecule has 0 saturated carbocycles. The van der Waals surface area contributed by atoms with E-state index >= 15 is 0 Å². The number of halogens is 3. The normalized spacial score (nSPS) is 23.0. The van der Waals surface area contributed by atoms with Crippen LogP contribution in [0.5, 0.6) is 0 Å². The number of fused-ring (bicyclic) bond motifs is 3. The molecule has 0 spiro atoms. The molecule has 2 nitrogen and oxygen atoms in total. The molecule has 0 aliphatic carbocycles. The van der Waals surface area contributed by atoms with E-state index in [-0.39, 0.29) is 24.8 Å². The van der Waals surface area contributed by atoms with Gasteiger partial charge < -0.3 is 5.32 Å². The van der Waals surface area contributed by atoms with Gasteiger partial charge in [0, 0.05) is 43.2 Å². The monoisotopic (exact) mass is 370 g/mol. The van der Waals surface area contributed by atoms with Crippen LogP contribution in [0.1, 0.15) is 28.7 Å². The summed E-state index contributed by atoms with van der Waals surface area (Å²) in [7, 11) is 0. The molecule has 2 aliphatic rings. The van der Waals surface area contributed by atoms with Gasteiger partial charge in [0.15, 0.2) is 0 Å². The average Bonchev–Trinajstić information content (AvgIpc) is 2.54. The predicted octanol–water partition coefficient (Wildman–Crippen LogP) is 4.28. The van der Waals surface area contributed by atoms with Crippen LogP contribution >= 0.6 is 36.4 Å². The molecule has 2 aliphatic heterocycles. The van der Waals surface area contributed by atoms with E-state index in [1.807, 2.05) is 6.07 Å². The summed E-state index contributed by atoms with van der Waals surface area (Å²) in [5.74, 6) is 0.425. The van der Waals surface area contributed by atoms with Crippen molar-refractivity contribution in [3.63, 3.8) is 0 Å². The first-order valence-electron chi connectivity index (χ1n) is 7.62. The average molecular weight is 372 g/mol. The van der Waals surface area contributed by atoms with Crippen LogP contribution in [0.15, 0.2) is 48.5 Å². The molecule has 1 fully saturated rings. The maximum atomic E-state index is 6.20. The Hall–Kier alpha value is -0.770. The minimum Gasteiger partial charge on any atom is -0.314 e. The number of piperazine rings is 1. The van der Waals surface area contributed by atoms with Crippen molar-refractivity contribution >= 4 is 36.4 Å². The Morgan fingerprint density at radius 3 is 2.57 bits per heavy atom. The van der Waals surface area contributed by atoms with Crippen molar-refractivity contribution in [3.05, 3.63) is 70.2 Å². The lowest BCUT2D eigenvalue weighted by Crippen LogP contribution is -2.50. The highest BCUT2D eigenvalue weighted by Crippen LogP contribution is 2.40. The molecular formula is C18H21Cl3N2. The molecule has 0 bridgehead atoms. The highest BCUT2D eigenvalue weighted by molar-refractivity contribution is 6.30. The van der Waals surface area contributed by atoms with Gasteiger partial charge in [0.05, 0.1) is 0 Å². The minimum atomic E-state index is 0. The van der Waals surface area contributed by atoms with E-state index in [2.05, 4.69) is 52.7 Å². The smallest absolute Gasteiger partial charge is 0.0476 e. The molecule has 2 aromatic rings. The van der Waals surface area contributed by atoms with Gasteiger partial charge in [-0.2, -0.15) is 0 Å². The molecule has 5 heteroatoms.